The van der Waals surface area contributed by atoms with Crippen LogP contribution in [0.15, 0.2) is 60.9 Å². The summed E-state index contributed by atoms with van der Waals surface area (Å²) in [7, 11) is 2.05. The van der Waals surface area contributed by atoms with E-state index in [0.717, 1.165) is 50.5 Å². The van der Waals surface area contributed by atoms with Gasteiger partial charge in [-0.15, -0.1) is 0 Å². The van der Waals surface area contributed by atoms with Crippen LogP contribution >= 0.6 is 0 Å². The van der Waals surface area contributed by atoms with Gasteiger partial charge in [-0.3, -0.25) is 14.7 Å². The first-order chi connectivity index (χ1) is 19.9. The van der Waals surface area contributed by atoms with E-state index >= 15 is 8.78 Å². The second-order valence-corrected chi connectivity index (χ2v) is 10.9. The quantitative estimate of drug-likeness (QED) is 0.482. The molecule has 1 amide bonds. The molecule has 2 saturated heterocycles. The highest BCUT2D eigenvalue weighted by molar-refractivity contribution is 6.04. The average molecular weight is 558 g/mol. The molecule has 41 heavy (non-hydrogen) atoms. The number of anilines is 2. The number of rotatable bonds is 4. The van der Waals surface area contributed by atoms with Crippen LogP contribution in [0.3, 0.4) is 0 Å². The molecule has 212 valence electrons. The van der Waals surface area contributed by atoms with Crippen LogP contribution in [0.4, 0.5) is 20.2 Å². The van der Waals surface area contributed by atoms with Crippen LogP contribution in [-0.2, 0) is 10.7 Å². The first kappa shape index (κ1) is 27.3. The van der Waals surface area contributed by atoms with E-state index in [0.29, 0.717) is 35.6 Å². The van der Waals surface area contributed by atoms with Gasteiger partial charge in [-0.05, 0) is 49.0 Å². The third-order valence-electron chi connectivity index (χ3n) is 8.07. The highest BCUT2D eigenvalue weighted by atomic mass is 19.3. The summed E-state index contributed by atoms with van der Waals surface area (Å²) in [5, 5.41) is 2.80. The molecule has 2 aromatic carbocycles. The molecule has 9 heteroatoms. The number of hydrogen-bond donors (Lipinski definition) is 1. The van der Waals surface area contributed by atoms with Crippen molar-refractivity contribution in [3.63, 3.8) is 0 Å². The zero-order valence-electron chi connectivity index (χ0n) is 23.1. The van der Waals surface area contributed by atoms with Crippen molar-refractivity contribution in [2.24, 2.45) is 0 Å². The number of piperazine rings is 1. The minimum absolute atomic E-state index is 0.00626. The molecule has 1 aromatic heterocycles. The molecule has 1 atom stereocenters. The molecule has 1 aliphatic carbocycles. The Morgan fingerprint density at radius 1 is 0.976 bits per heavy atom. The Morgan fingerprint density at radius 3 is 2.56 bits per heavy atom. The van der Waals surface area contributed by atoms with Crippen LogP contribution in [0.25, 0.3) is 0 Å². The molecular formula is C32H33F2N5O2. The predicted molar refractivity (Wildman–Crippen MR) is 154 cm³/mol. The standard InChI is InChI=1S/C32H33F2N5O2/c1-37-9-11-39(12-10-37)30-20-32(33,34)29-19-26(7-8-28(29)30)36-31(40)25-4-2-3-23(17-25)5-6-24-18-27(22-35-21-24)38-13-15-41-16-14-38/h2-4,7-8,17-19,21-22,30H,9-16,20H2,1H3,(H,36,40)/t30-/m0/s1. The number of benzene rings is 2. The van der Waals surface area contributed by atoms with Gasteiger partial charge in [-0.1, -0.05) is 24.0 Å². The minimum atomic E-state index is -2.94. The SMILES string of the molecule is CN1CCN([C@H]2CC(F)(F)c3cc(NC(=O)c4cccc(C#Cc5cncc(N6CCOCC6)c5)c4)ccc32)CC1. The zero-order chi connectivity index (χ0) is 28.4. The number of morpholine rings is 1. The molecular weight excluding hydrogens is 524 g/mol. The normalized spacial score (nSPS) is 20.7. The number of nitrogens with zero attached hydrogens (tertiary/aromatic N) is 4. The van der Waals surface area contributed by atoms with E-state index in [1.807, 2.05) is 18.3 Å². The number of pyridine rings is 1. The van der Waals surface area contributed by atoms with Gasteiger partial charge in [0, 0.05) is 85.9 Å². The molecule has 1 N–H and O–H groups in total. The lowest BCUT2D eigenvalue weighted by Gasteiger charge is -2.36. The number of amides is 1. The first-order valence-corrected chi connectivity index (χ1v) is 14.0. The van der Waals surface area contributed by atoms with E-state index in [4.69, 9.17) is 4.74 Å². The maximum Gasteiger partial charge on any atom is 0.275 e. The Balaban J connectivity index is 1.15. The largest absolute Gasteiger partial charge is 0.378 e. The van der Waals surface area contributed by atoms with Crippen molar-refractivity contribution in [1.29, 1.82) is 0 Å². The number of nitrogens with one attached hydrogen (secondary N) is 1. The van der Waals surface area contributed by atoms with Gasteiger partial charge in [-0.2, -0.15) is 0 Å². The van der Waals surface area contributed by atoms with Gasteiger partial charge in [0.05, 0.1) is 25.1 Å². The summed E-state index contributed by atoms with van der Waals surface area (Å²) in [6, 6.07) is 13.6. The van der Waals surface area contributed by atoms with Crippen molar-refractivity contribution in [1.82, 2.24) is 14.8 Å². The summed E-state index contributed by atoms with van der Waals surface area (Å²) >= 11 is 0. The zero-order valence-corrected chi connectivity index (χ0v) is 23.1. The van der Waals surface area contributed by atoms with Crippen molar-refractivity contribution in [3.05, 3.63) is 88.7 Å². The van der Waals surface area contributed by atoms with E-state index in [1.165, 1.54) is 6.07 Å². The van der Waals surface area contributed by atoms with Crippen LogP contribution < -0.4 is 10.2 Å². The lowest BCUT2D eigenvalue weighted by atomic mass is 10.0. The molecule has 7 nitrogen and oxygen atoms in total. The molecule has 6 rings (SSSR count). The van der Waals surface area contributed by atoms with E-state index in [2.05, 4.69) is 43.9 Å². The fraction of sp³-hybridized carbons (Fsp3) is 0.375. The molecule has 0 radical (unpaired) electrons. The number of likely N-dealkylation sites (N-methyl/N-ethyl adjacent to an activating group) is 1. The third kappa shape index (κ3) is 6.10. The van der Waals surface area contributed by atoms with Crippen LogP contribution in [0.2, 0.25) is 0 Å². The van der Waals surface area contributed by atoms with Crippen LogP contribution in [0, 0.1) is 11.8 Å². The van der Waals surface area contributed by atoms with E-state index in [-0.39, 0.29) is 23.9 Å². The topological polar surface area (TPSA) is 60.9 Å². The van der Waals surface area contributed by atoms with Crippen molar-refractivity contribution in [2.45, 2.75) is 18.4 Å². The number of alkyl halides is 2. The summed E-state index contributed by atoms with van der Waals surface area (Å²) in [5.74, 6) is 2.94. The minimum Gasteiger partial charge on any atom is -0.378 e. The lowest BCUT2D eigenvalue weighted by Crippen LogP contribution is -2.45. The number of ether oxygens (including phenoxy) is 1. The van der Waals surface area contributed by atoms with E-state index in [9.17, 15) is 4.79 Å². The number of hydrogen-bond acceptors (Lipinski definition) is 6. The number of fused-ring (bicyclic) bond motifs is 1. The van der Waals surface area contributed by atoms with E-state index in [1.54, 1.807) is 36.5 Å². The molecule has 3 heterocycles. The van der Waals surface area contributed by atoms with Gasteiger partial charge in [0.2, 0.25) is 0 Å². The van der Waals surface area contributed by atoms with Crippen molar-refractivity contribution >= 4 is 17.3 Å². The van der Waals surface area contributed by atoms with Gasteiger partial charge < -0.3 is 19.9 Å². The first-order valence-electron chi connectivity index (χ1n) is 14.0. The van der Waals surface area contributed by atoms with Crippen LogP contribution in [-0.4, -0.2) is 80.2 Å². The maximum absolute atomic E-state index is 15.1. The third-order valence-corrected chi connectivity index (χ3v) is 8.07. The van der Waals surface area contributed by atoms with Crippen molar-refractivity contribution in [3.8, 4) is 11.8 Å². The predicted octanol–water partition coefficient (Wildman–Crippen LogP) is 4.35. The number of carbonyl (C=O) groups excluding carboxylic acids is 1. The second kappa shape index (κ2) is 11.6. The Bertz CT molecular complexity index is 1490. The molecule has 0 unspecified atom stereocenters. The van der Waals surface area contributed by atoms with Gasteiger partial charge in [0.15, 0.2) is 0 Å². The lowest BCUT2D eigenvalue weighted by molar-refractivity contribution is -0.0257. The van der Waals surface area contributed by atoms with Gasteiger partial charge in [-0.25, -0.2) is 8.78 Å². The monoisotopic (exact) mass is 557 g/mol. The summed E-state index contributed by atoms with van der Waals surface area (Å²) in [6.45, 7) is 6.28. The molecule has 0 saturated carbocycles. The fourth-order valence-electron chi connectivity index (χ4n) is 5.74. The van der Waals surface area contributed by atoms with Crippen molar-refractivity contribution < 1.29 is 18.3 Å². The Labute approximate surface area is 239 Å². The molecule has 2 fully saturated rings. The summed E-state index contributed by atoms with van der Waals surface area (Å²) in [4.78, 5) is 24.0. The molecule has 3 aromatic rings. The maximum atomic E-state index is 15.1. The van der Waals surface area contributed by atoms with Gasteiger partial charge in [0.25, 0.3) is 11.8 Å². The van der Waals surface area contributed by atoms with Gasteiger partial charge >= 0.3 is 0 Å². The smallest absolute Gasteiger partial charge is 0.275 e. The summed E-state index contributed by atoms with van der Waals surface area (Å²) < 4.78 is 35.6. The molecule has 0 spiro atoms. The summed E-state index contributed by atoms with van der Waals surface area (Å²) in [5.41, 5.74) is 3.87. The number of carbonyl (C=O) groups is 1. The molecule has 0 bridgehead atoms. The second-order valence-electron chi connectivity index (χ2n) is 10.9. The highest BCUT2D eigenvalue weighted by Gasteiger charge is 2.47. The average Bonchev–Trinajstić information content (AvgIpc) is 3.27. The Kier molecular flexibility index (Phi) is 7.71. The van der Waals surface area contributed by atoms with E-state index < -0.39 is 5.92 Å². The Hall–Kier alpha value is -3.84. The molecule has 2 aliphatic heterocycles. The fourth-order valence-corrected chi connectivity index (χ4v) is 5.74. The highest BCUT2D eigenvalue weighted by Crippen LogP contribution is 2.50. The number of halogens is 2. The van der Waals surface area contributed by atoms with Gasteiger partial charge in [0.1, 0.15) is 0 Å². The van der Waals surface area contributed by atoms with Crippen molar-refractivity contribution in [2.75, 3.05) is 69.7 Å². The van der Waals surface area contributed by atoms with Crippen LogP contribution in [0.5, 0.6) is 0 Å². The number of aromatic nitrogens is 1. The van der Waals surface area contributed by atoms with Crippen LogP contribution in [0.1, 0.15) is 45.1 Å². The molecule has 3 aliphatic rings. The summed E-state index contributed by atoms with van der Waals surface area (Å²) in [6.07, 6.45) is 3.31. The Morgan fingerprint density at radius 2 is 1.76 bits per heavy atom.